The summed E-state index contributed by atoms with van der Waals surface area (Å²) in [5.41, 5.74) is 5.82. The van der Waals surface area contributed by atoms with Crippen LogP contribution in [-0.2, 0) is 4.79 Å². The first kappa shape index (κ1) is 17.6. The third-order valence-electron chi connectivity index (χ3n) is 5.70. The lowest BCUT2D eigenvalue weighted by Crippen LogP contribution is -2.26. The van der Waals surface area contributed by atoms with E-state index in [0.717, 1.165) is 62.5 Å². The summed E-state index contributed by atoms with van der Waals surface area (Å²) in [6, 6.07) is 10.0. The fourth-order valence-corrected chi connectivity index (χ4v) is 5.09. The number of aromatic amines is 2. The number of nitrogens with one attached hydrogen (secondary N) is 3. The number of Topliss-reactive ketones (excluding diaryl/α,β-unsaturated/α-hetero) is 1. The molecule has 1 aromatic carbocycles. The second kappa shape index (κ2) is 6.63. The van der Waals surface area contributed by atoms with Crippen LogP contribution in [0.4, 0.5) is 5.82 Å². The molecule has 2 aliphatic rings. The number of hydrogen-bond acceptors (Lipinski definition) is 6. The van der Waals surface area contributed by atoms with Crippen molar-refractivity contribution in [3.05, 3.63) is 64.7 Å². The lowest BCUT2D eigenvalue weighted by Gasteiger charge is -2.30. The third-order valence-corrected chi connectivity index (χ3v) is 6.50. The quantitative estimate of drug-likeness (QED) is 0.438. The third kappa shape index (κ3) is 2.79. The number of hydrogen-bond donors (Lipinski definition) is 3. The molecule has 150 valence electrons. The SMILES string of the molecule is Cc1ccc2[nH]c(Sc3ccc(C4C5=C(CCCC5=O)Nc5n[nH]cc54)o3)nc2c1. The molecule has 4 aromatic rings. The predicted molar refractivity (Wildman–Crippen MR) is 114 cm³/mol. The van der Waals surface area contributed by atoms with E-state index in [1.165, 1.54) is 17.3 Å². The van der Waals surface area contributed by atoms with E-state index in [2.05, 4.69) is 44.5 Å². The van der Waals surface area contributed by atoms with Gasteiger partial charge in [0.15, 0.2) is 21.8 Å². The van der Waals surface area contributed by atoms with Gasteiger partial charge in [0.25, 0.3) is 0 Å². The Morgan fingerprint density at radius 3 is 3.07 bits per heavy atom. The maximum absolute atomic E-state index is 12.8. The van der Waals surface area contributed by atoms with E-state index in [0.29, 0.717) is 6.42 Å². The number of furan rings is 1. The Bertz CT molecular complexity index is 1330. The van der Waals surface area contributed by atoms with Crippen molar-refractivity contribution in [2.24, 2.45) is 0 Å². The van der Waals surface area contributed by atoms with Gasteiger partial charge in [0.2, 0.25) is 0 Å². The van der Waals surface area contributed by atoms with E-state index < -0.39 is 0 Å². The average Bonchev–Trinajstić information content (AvgIpc) is 3.45. The molecule has 0 fully saturated rings. The molecule has 1 aliphatic carbocycles. The predicted octanol–water partition coefficient (Wildman–Crippen LogP) is 4.90. The van der Waals surface area contributed by atoms with Crippen molar-refractivity contribution in [2.45, 2.75) is 42.4 Å². The first-order valence-electron chi connectivity index (χ1n) is 9.96. The summed E-state index contributed by atoms with van der Waals surface area (Å²) in [6.07, 6.45) is 4.13. The normalized spacial score (nSPS) is 18.4. The highest BCUT2D eigenvalue weighted by Gasteiger charge is 2.38. The number of fused-ring (bicyclic) bond motifs is 2. The van der Waals surface area contributed by atoms with Gasteiger partial charge in [-0.05, 0) is 61.4 Å². The maximum atomic E-state index is 12.8. The number of carbonyl (C=O) groups excluding carboxylic acids is 1. The summed E-state index contributed by atoms with van der Waals surface area (Å²) in [6.45, 7) is 2.05. The molecule has 3 aromatic heterocycles. The number of aromatic nitrogens is 4. The minimum atomic E-state index is -0.240. The molecule has 8 heteroatoms. The molecule has 3 N–H and O–H groups in total. The molecule has 6 rings (SSSR count). The number of ketones is 1. The van der Waals surface area contributed by atoms with Crippen LogP contribution in [0.15, 0.2) is 62.5 Å². The number of H-pyrrole nitrogens is 2. The standard InChI is InChI=1S/C22H19N5O2S/c1-11-5-6-13-15(9-11)26-22(25-13)30-18-8-7-17(29-18)19-12-10-23-27-21(12)24-14-3-2-4-16(28)20(14)19/h5-10,19H,2-4H2,1H3,(H,25,26)(H2,23,24,27). The highest BCUT2D eigenvalue weighted by Crippen LogP contribution is 2.45. The smallest absolute Gasteiger partial charge is 0.174 e. The largest absolute Gasteiger partial charge is 0.453 e. The zero-order chi connectivity index (χ0) is 20.2. The fourth-order valence-electron chi connectivity index (χ4n) is 4.32. The Hall–Kier alpha value is -3.26. The molecule has 0 amide bonds. The van der Waals surface area contributed by atoms with Gasteiger partial charge in [0.1, 0.15) is 5.76 Å². The lowest BCUT2D eigenvalue weighted by atomic mass is 9.79. The highest BCUT2D eigenvalue weighted by molar-refractivity contribution is 7.99. The van der Waals surface area contributed by atoms with Crippen molar-refractivity contribution in [3.63, 3.8) is 0 Å². The molecular formula is C22H19N5O2S. The Kier molecular flexibility index (Phi) is 3.89. The van der Waals surface area contributed by atoms with Crippen LogP contribution in [-0.4, -0.2) is 25.9 Å². The van der Waals surface area contributed by atoms with Gasteiger partial charge >= 0.3 is 0 Å². The minimum Gasteiger partial charge on any atom is -0.453 e. The number of benzene rings is 1. The number of imidazole rings is 1. The van der Waals surface area contributed by atoms with Crippen LogP contribution < -0.4 is 5.32 Å². The van der Waals surface area contributed by atoms with Crippen molar-refractivity contribution in [1.82, 2.24) is 20.2 Å². The van der Waals surface area contributed by atoms with E-state index in [1.54, 1.807) is 0 Å². The van der Waals surface area contributed by atoms with Crippen LogP contribution in [0.2, 0.25) is 0 Å². The maximum Gasteiger partial charge on any atom is 0.174 e. The zero-order valence-electron chi connectivity index (χ0n) is 16.3. The Morgan fingerprint density at radius 1 is 1.20 bits per heavy atom. The topological polar surface area (TPSA) is 99.6 Å². The van der Waals surface area contributed by atoms with Crippen LogP contribution in [0.25, 0.3) is 11.0 Å². The van der Waals surface area contributed by atoms with E-state index in [9.17, 15) is 4.79 Å². The number of anilines is 1. The van der Waals surface area contributed by atoms with E-state index >= 15 is 0 Å². The van der Waals surface area contributed by atoms with Crippen LogP contribution in [0.3, 0.4) is 0 Å². The van der Waals surface area contributed by atoms with Gasteiger partial charge in [0, 0.05) is 29.5 Å². The number of nitrogens with zero attached hydrogens (tertiary/aromatic N) is 2. The first-order chi connectivity index (χ1) is 14.7. The van der Waals surface area contributed by atoms with Gasteiger partial charge < -0.3 is 14.7 Å². The van der Waals surface area contributed by atoms with E-state index in [4.69, 9.17) is 4.42 Å². The van der Waals surface area contributed by atoms with E-state index in [1.807, 2.05) is 24.4 Å². The van der Waals surface area contributed by atoms with Gasteiger partial charge in [-0.2, -0.15) is 5.10 Å². The Balaban J connectivity index is 1.36. The summed E-state index contributed by atoms with van der Waals surface area (Å²) in [4.78, 5) is 20.8. The molecule has 0 radical (unpaired) electrons. The molecule has 1 aliphatic heterocycles. The molecule has 4 heterocycles. The van der Waals surface area contributed by atoms with Gasteiger partial charge in [-0.15, -0.1) is 0 Å². The van der Waals surface area contributed by atoms with Gasteiger partial charge in [0.05, 0.1) is 17.0 Å². The molecule has 7 nitrogen and oxygen atoms in total. The molecule has 0 saturated heterocycles. The van der Waals surface area contributed by atoms with Crippen molar-refractivity contribution in [1.29, 1.82) is 0 Å². The monoisotopic (exact) mass is 417 g/mol. The highest BCUT2D eigenvalue weighted by atomic mass is 32.2. The number of carbonyl (C=O) groups is 1. The zero-order valence-corrected chi connectivity index (χ0v) is 17.1. The molecule has 1 atom stereocenters. The number of allylic oxidation sites excluding steroid dienone is 2. The summed E-state index contributed by atoms with van der Waals surface area (Å²) >= 11 is 1.44. The second-order valence-electron chi connectivity index (χ2n) is 7.74. The van der Waals surface area contributed by atoms with Crippen molar-refractivity contribution in [3.8, 4) is 0 Å². The summed E-state index contributed by atoms with van der Waals surface area (Å²) in [5, 5.41) is 12.1. The van der Waals surface area contributed by atoms with Crippen LogP contribution in [0, 0.1) is 6.92 Å². The molecule has 0 bridgehead atoms. The minimum absolute atomic E-state index is 0.179. The fraction of sp³-hybridized carbons (Fsp3) is 0.227. The van der Waals surface area contributed by atoms with Crippen LogP contribution in [0.1, 0.15) is 42.1 Å². The van der Waals surface area contributed by atoms with Gasteiger partial charge in [-0.1, -0.05) is 6.07 Å². The molecule has 0 saturated carbocycles. The van der Waals surface area contributed by atoms with Crippen molar-refractivity contribution >= 4 is 34.4 Å². The molecule has 0 spiro atoms. The summed E-state index contributed by atoms with van der Waals surface area (Å²) in [7, 11) is 0. The van der Waals surface area contributed by atoms with Crippen molar-refractivity contribution < 1.29 is 9.21 Å². The van der Waals surface area contributed by atoms with E-state index in [-0.39, 0.29) is 11.7 Å². The molecular weight excluding hydrogens is 398 g/mol. The summed E-state index contributed by atoms with van der Waals surface area (Å²) < 4.78 is 6.22. The van der Waals surface area contributed by atoms with Crippen molar-refractivity contribution in [2.75, 3.05) is 5.32 Å². The van der Waals surface area contributed by atoms with Crippen LogP contribution in [0.5, 0.6) is 0 Å². The Morgan fingerprint density at radius 2 is 2.13 bits per heavy atom. The molecule has 1 unspecified atom stereocenters. The lowest BCUT2D eigenvalue weighted by molar-refractivity contribution is -0.116. The molecule has 30 heavy (non-hydrogen) atoms. The van der Waals surface area contributed by atoms with Gasteiger partial charge in [-0.25, -0.2) is 4.98 Å². The summed E-state index contributed by atoms with van der Waals surface area (Å²) in [5.74, 6) is 1.46. The van der Waals surface area contributed by atoms with Gasteiger partial charge in [-0.3, -0.25) is 9.89 Å². The number of rotatable bonds is 3. The van der Waals surface area contributed by atoms with Crippen LogP contribution >= 0.6 is 11.8 Å². The second-order valence-corrected chi connectivity index (χ2v) is 8.73. The first-order valence-corrected chi connectivity index (χ1v) is 10.8. The average molecular weight is 417 g/mol. The number of aryl methyl sites for hydroxylation is 1. The Labute approximate surface area is 176 Å².